The third-order valence-corrected chi connectivity index (χ3v) is 13.7. The Bertz CT molecular complexity index is 2640. The molecule has 2 aromatic heterocycles. The summed E-state index contributed by atoms with van der Waals surface area (Å²) in [4.78, 5) is 48.7. The number of benzene rings is 3. The van der Waals surface area contributed by atoms with Gasteiger partial charge >= 0.3 is 6.09 Å². The molecule has 3 aromatic carbocycles. The van der Waals surface area contributed by atoms with Crippen molar-refractivity contribution >= 4 is 28.5 Å². The summed E-state index contributed by atoms with van der Waals surface area (Å²) in [7, 11) is -3.26. The van der Waals surface area contributed by atoms with E-state index in [0.29, 0.717) is 43.7 Å². The van der Waals surface area contributed by atoms with Crippen molar-refractivity contribution in [2.45, 2.75) is 101 Å². The number of aromatic nitrogens is 4. The van der Waals surface area contributed by atoms with Gasteiger partial charge in [0.05, 0.1) is 18.2 Å². The van der Waals surface area contributed by atoms with Crippen LogP contribution >= 0.6 is 0 Å². The molecular weight excluding hydrogens is 936 g/mol. The summed E-state index contributed by atoms with van der Waals surface area (Å²) in [6.07, 6.45) is 3.60. The smallest absolute Gasteiger partial charge is 0.410 e. The van der Waals surface area contributed by atoms with Gasteiger partial charge in [-0.1, -0.05) is 71.0 Å². The van der Waals surface area contributed by atoms with E-state index in [4.69, 9.17) is 34.4 Å². The van der Waals surface area contributed by atoms with Crippen molar-refractivity contribution in [3.05, 3.63) is 130 Å². The van der Waals surface area contributed by atoms with Crippen molar-refractivity contribution in [1.29, 1.82) is 0 Å². The van der Waals surface area contributed by atoms with E-state index in [1.165, 1.54) is 15.4 Å². The van der Waals surface area contributed by atoms with Gasteiger partial charge in [-0.15, -0.1) is 0 Å². The highest BCUT2D eigenvalue weighted by molar-refractivity contribution is 7.88. The van der Waals surface area contributed by atoms with Gasteiger partial charge in [0, 0.05) is 63.7 Å². The molecule has 22 heteroatoms. The summed E-state index contributed by atoms with van der Waals surface area (Å²) in [6.45, 7) is 8.75. The van der Waals surface area contributed by atoms with Crippen molar-refractivity contribution in [1.82, 2.24) is 39.3 Å². The fraction of sp³-hybridized carbons (Fsp3) is 0.479. The molecule has 4 fully saturated rings. The molecule has 0 unspecified atom stereocenters. The first-order chi connectivity index (χ1) is 33.3. The molecule has 0 bridgehead atoms. The van der Waals surface area contributed by atoms with Crippen LogP contribution in [0.2, 0.25) is 0 Å². The van der Waals surface area contributed by atoms with Gasteiger partial charge in [0.1, 0.15) is 23.5 Å². The number of sulfonamides is 1. The number of ether oxygens (including phenoxy) is 1. The van der Waals surface area contributed by atoms with Crippen molar-refractivity contribution in [2.24, 2.45) is 5.73 Å². The predicted octanol–water partition coefficient (Wildman–Crippen LogP) is 6.50. The number of nitrogens with zero attached hydrogens (tertiary/aromatic N) is 8. The number of amides is 2. The molecule has 4 saturated heterocycles. The molecule has 3 N–H and O–H groups in total. The van der Waals surface area contributed by atoms with Crippen LogP contribution in [0.15, 0.2) is 81.8 Å². The number of rotatable bonds is 12. The molecule has 376 valence electrons. The molecule has 5 aromatic rings. The quantitative estimate of drug-likeness (QED) is 0.100. The number of hydrogen-bond acceptors (Lipinski definition) is 14. The van der Waals surface area contributed by atoms with E-state index in [-0.39, 0.29) is 79.8 Å². The van der Waals surface area contributed by atoms with Crippen molar-refractivity contribution in [2.75, 3.05) is 45.5 Å². The molecule has 4 aliphatic heterocycles. The first-order valence-electron chi connectivity index (χ1n) is 23.1. The maximum absolute atomic E-state index is 13.9. The van der Waals surface area contributed by atoms with Crippen LogP contribution in [0.4, 0.5) is 18.0 Å². The van der Waals surface area contributed by atoms with Crippen LogP contribution in [0.5, 0.6) is 0 Å². The number of carbonyl (C=O) groups is 3. The summed E-state index contributed by atoms with van der Waals surface area (Å²) in [5, 5.41) is 15.1. The second kappa shape index (κ2) is 22.2. The Morgan fingerprint density at radius 1 is 0.814 bits per heavy atom. The fourth-order valence-electron chi connectivity index (χ4n) is 9.04. The lowest BCUT2D eigenvalue weighted by atomic mass is 9.90. The number of likely N-dealkylation sites (tertiary alicyclic amines) is 3. The Balaban J connectivity index is 0.000000196. The lowest BCUT2D eigenvalue weighted by Gasteiger charge is -2.43. The van der Waals surface area contributed by atoms with Crippen LogP contribution in [0.1, 0.15) is 123 Å². The van der Waals surface area contributed by atoms with Gasteiger partial charge in [-0.25, -0.2) is 30.7 Å². The minimum absolute atomic E-state index is 0.0997. The van der Waals surface area contributed by atoms with Crippen molar-refractivity contribution in [3.63, 3.8) is 0 Å². The summed E-state index contributed by atoms with van der Waals surface area (Å²) >= 11 is 0. The lowest BCUT2D eigenvalue weighted by molar-refractivity contribution is -0.133. The Kier molecular flexibility index (Phi) is 16.4. The SMILES string of the molecule is CC(C)(C)OC(=O)N1CCC[C@H]1c1nc(C2CN(C(c3ccccc3)c3ccccc3)C2)no1.CS(=O)(=O)N1CC(c2noc([C@@H]3CCCN3C(=O)C[C@H](N)Cc3cc(F)c(F)cc3F)n2)C1.O=CO. The number of halogens is 3. The molecule has 0 spiro atoms. The molecule has 9 rings (SSSR count). The number of carboxylic acid groups (broad SMARTS) is 1. The maximum Gasteiger partial charge on any atom is 0.410 e. The first kappa shape index (κ1) is 51.6. The minimum Gasteiger partial charge on any atom is -0.483 e. The first-order valence-corrected chi connectivity index (χ1v) is 24.9. The third-order valence-electron chi connectivity index (χ3n) is 12.5. The third kappa shape index (κ3) is 12.6. The second-order valence-corrected chi connectivity index (χ2v) is 20.8. The van der Waals surface area contributed by atoms with Gasteiger partial charge < -0.3 is 29.5 Å². The van der Waals surface area contributed by atoms with Gasteiger partial charge in [0.15, 0.2) is 23.3 Å². The number of nitrogens with two attached hydrogens (primary N) is 1. The highest BCUT2D eigenvalue weighted by Crippen LogP contribution is 2.39. The molecule has 0 radical (unpaired) electrons. The van der Waals surface area contributed by atoms with E-state index < -0.39 is 45.2 Å². The standard InChI is InChI=1S/C27H32N4O3.C20H24F3N5O4S.CH2O2/c1-27(2,3)33-26(32)31-16-10-15-22(31)25-28-24(29-34-25)21-17-30(18-21)23(19-11-6-4-7-12-19)20-13-8-5-9-14-20;1-33(30,31)27-9-12(10-27)19-25-20(32-26-19)17-3-2-4-28(17)18(29)7-13(24)5-11-6-15(22)16(23)8-14(11)21;2-1-3/h4-9,11-14,21-23H,10,15-18H2,1-3H3;6,8,12-13,17H,2-5,7,9-10,24H2,1H3;1H,(H,2,3)/t22-;13-,17+;/m01./s1. The topological polar surface area (TPSA) is 232 Å². The zero-order valence-corrected chi connectivity index (χ0v) is 40.2. The molecule has 0 saturated carbocycles. The van der Waals surface area contributed by atoms with E-state index in [0.717, 1.165) is 44.1 Å². The van der Waals surface area contributed by atoms with Gasteiger partial charge in [-0.2, -0.15) is 9.97 Å². The highest BCUT2D eigenvalue weighted by Gasteiger charge is 2.42. The van der Waals surface area contributed by atoms with E-state index in [2.05, 4.69) is 80.9 Å². The summed E-state index contributed by atoms with van der Waals surface area (Å²) in [5.41, 5.74) is 7.92. The molecular formula is C48H58F3N9O9S. The predicted molar refractivity (Wildman–Crippen MR) is 247 cm³/mol. The molecule has 70 heavy (non-hydrogen) atoms. The van der Waals surface area contributed by atoms with Crippen LogP contribution < -0.4 is 5.73 Å². The Labute approximate surface area is 404 Å². The fourth-order valence-corrected chi connectivity index (χ4v) is 9.94. The van der Waals surface area contributed by atoms with Gasteiger partial charge in [-0.05, 0) is 75.6 Å². The van der Waals surface area contributed by atoms with Crippen LogP contribution in [0.3, 0.4) is 0 Å². The van der Waals surface area contributed by atoms with Crippen molar-refractivity contribution < 1.29 is 54.9 Å². The van der Waals surface area contributed by atoms with Crippen LogP contribution in [0, 0.1) is 17.5 Å². The van der Waals surface area contributed by atoms with Gasteiger partial charge in [0.2, 0.25) is 27.7 Å². The average Bonchev–Trinajstić information content (AvgIpc) is 4.11. The summed E-state index contributed by atoms with van der Waals surface area (Å²) < 4.78 is 81.4. The van der Waals surface area contributed by atoms with E-state index in [9.17, 15) is 31.2 Å². The van der Waals surface area contributed by atoms with E-state index in [1.54, 1.807) is 9.80 Å². The normalized spacial score (nSPS) is 19.4. The largest absolute Gasteiger partial charge is 0.483 e. The van der Waals surface area contributed by atoms with Crippen LogP contribution in [-0.2, 0) is 30.8 Å². The summed E-state index contributed by atoms with van der Waals surface area (Å²) in [6, 6.07) is 21.2. The van der Waals surface area contributed by atoms with Crippen LogP contribution in [-0.4, -0.2) is 128 Å². The zero-order chi connectivity index (χ0) is 50.3. The molecule has 4 aliphatic rings. The zero-order valence-electron chi connectivity index (χ0n) is 39.4. The minimum atomic E-state index is -3.26. The Hall–Kier alpha value is -6.23. The maximum atomic E-state index is 13.9. The van der Waals surface area contributed by atoms with Gasteiger partial charge in [-0.3, -0.25) is 19.4 Å². The lowest BCUT2D eigenvalue weighted by Crippen LogP contribution is -2.48. The molecule has 6 heterocycles. The average molecular weight is 994 g/mol. The molecule has 18 nitrogen and oxygen atoms in total. The highest BCUT2D eigenvalue weighted by atomic mass is 32.2. The number of hydrogen-bond donors (Lipinski definition) is 2. The Morgan fingerprint density at radius 3 is 1.81 bits per heavy atom. The second-order valence-electron chi connectivity index (χ2n) is 18.8. The number of carbonyl (C=O) groups excluding carboxylic acids is 2. The monoisotopic (exact) mass is 993 g/mol. The van der Waals surface area contributed by atoms with Crippen LogP contribution in [0.25, 0.3) is 0 Å². The van der Waals surface area contributed by atoms with Crippen molar-refractivity contribution in [3.8, 4) is 0 Å². The molecule has 2 amide bonds. The Morgan fingerprint density at radius 2 is 1.30 bits per heavy atom. The van der Waals surface area contributed by atoms with Gasteiger partial charge in [0.25, 0.3) is 6.47 Å². The van der Waals surface area contributed by atoms with E-state index in [1.807, 2.05) is 20.8 Å². The van der Waals surface area contributed by atoms with E-state index >= 15 is 0 Å². The molecule has 3 atom stereocenters. The summed E-state index contributed by atoms with van der Waals surface area (Å²) in [5.74, 6) is -1.72. The molecule has 0 aliphatic carbocycles.